The minimum Gasteiger partial charge on any atom is -0.309 e. The van der Waals surface area contributed by atoms with Gasteiger partial charge in [0.05, 0.1) is 5.25 Å². The highest BCUT2D eigenvalue weighted by Crippen LogP contribution is 2.24. The lowest BCUT2D eigenvalue weighted by molar-refractivity contribution is 0.0994. The molecule has 0 aliphatic carbocycles. The summed E-state index contributed by atoms with van der Waals surface area (Å²) in [6.07, 6.45) is 0. The van der Waals surface area contributed by atoms with Crippen molar-refractivity contribution in [3.63, 3.8) is 0 Å². The molecular formula is C13H14ClN3OS. The molecule has 1 aromatic carbocycles. The van der Waals surface area contributed by atoms with Gasteiger partial charge in [-0.1, -0.05) is 23.4 Å². The third kappa shape index (κ3) is 3.16. The van der Waals surface area contributed by atoms with Crippen molar-refractivity contribution >= 4 is 29.1 Å². The van der Waals surface area contributed by atoms with Gasteiger partial charge in [-0.15, -0.1) is 10.2 Å². The van der Waals surface area contributed by atoms with Crippen molar-refractivity contribution in [3.05, 3.63) is 40.7 Å². The number of ketones is 1. The summed E-state index contributed by atoms with van der Waals surface area (Å²) < 4.78 is 1.87. The standard InChI is InChI=1S/C13H14ClN3OS/c1-8(19-13-16-15-9(2)17(13)3)12(18)10-4-6-11(14)7-5-10/h4-8H,1-3H3. The molecule has 0 amide bonds. The van der Waals surface area contributed by atoms with Gasteiger partial charge in [0.25, 0.3) is 0 Å². The molecule has 6 heteroatoms. The Morgan fingerprint density at radius 3 is 2.47 bits per heavy atom. The zero-order valence-electron chi connectivity index (χ0n) is 10.9. The Kier molecular flexibility index (Phi) is 4.27. The van der Waals surface area contributed by atoms with E-state index in [-0.39, 0.29) is 11.0 Å². The van der Waals surface area contributed by atoms with E-state index in [2.05, 4.69) is 10.2 Å². The monoisotopic (exact) mass is 295 g/mol. The SMILES string of the molecule is Cc1nnc(SC(C)C(=O)c2ccc(Cl)cc2)n1C. The van der Waals surface area contributed by atoms with Gasteiger partial charge in [0.2, 0.25) is 0 Å². The first-order valence-electron chi connectivity index (χ1n) is 5.81. The summed E-state index contributed by atoms with van der Waals surface area (Å²) in [5.41, 5.74) is 0.656. The van der Waals surface area contributed by atoms with Crippen LogP contribution in [0, 0.1) is 6.92 Å². The largest absolute Gasteiger partial charge is 0.309 e. The molecule has 0 aliphatic heterocycles. The molecule has 0 aliphatic rings. The van der Waals surface area contributed by atoms with Gasteiger partial charge < -0.3 is 4.57 Å². The average Bonchev–Trinajstić information content (AvgIpc) is 2.71. The molecule has 0 saturated carbocycles. The Morgan fingerprint density at radius 2 is 1.95 bits per heavy atom. The fraction of sp³-hybridized carbons (Fsp3) is 0.308. The normalized spacial score (nSPS) is 12.4. The molecule has 2 rings (SSSR count). The number of aryl methyl sites for hydroxylation is 1. The highest BCUT2D eigenvalue weighted by molar-refractivity contribution is 8.00. The smallest absolute Gasteiger partial charge is 0.191 e. The van der Waals surface area contributed by atoms with Gasteiger partial charge in [-0.25, -0.2) is 0 Å². The Bertz CT molecular complexity index is 594. The summed E-state index contributed by atoms with van der Waals surface area (Å²) in [5.74, 6) is 0.885. The van der Waals surface area contributed by atoms with E-state index in [1.807, 2.05) is 25.5 Å². The summed E-state index contributed by atoms with van der Waals surface area (Å²) in [5, 5.41) is 9.17. The van der Waals surface area contributed by atoms with Gasteiger partial charge in [-0.2, -0.15) is 0 Å². The number of rotatable bonds is 4. The van der Waals surface area contributed by atoms with E-state index in [1.165, 1.54) is 11.8 Å². The van der Waals surface area contributed by atoms with Gasteiger partial charge in [-0.05, 0) is 38.1 Å². The molecule has 1 unspecified atom stereocenters. The van der Waals surface area contributed by atoms with Crippen molar-refractivity contribution in [2.24, 2.45) is 7.05 Å². The third-order valence-electron chi connectivity index (χ3n) is 2.83. The van der Waals surface area contributed by atoms with Crippen molar-refractivity contribution < 1.29 is 4.79 Å². The molecular weight excluding hydrogens is 282 g/mol. The first kappa shape index (κ1) is 14.1. The van der Waals surface area contributed by atoms with Crippen LogP contribution in [-0.2, 0) is 7.05 Å². The molecule has 0 spiro atoms. The highest BCUT2D eigenvalue weighted by atomic mass is 35.5. The third-order valence-corrected chi connectivity index (χ3v) is 4.22. The van der Waals surface area contributed by atoms with Crippen LogP contribution in [0.1, 0.15) is 23.1 Å². The lowest BCUT2D eigenvalue weighted by Gasteiger charge is -2.09. The Labute approximate surface area is 121 Å². The molecule has 2 aromatic rings. The van der Waals surface area contributed by atoms with E-state index < -0.39 is 0 Å². The van der Waals surface area contributed by atoms with Crippen LogP contribution in [0.4, 0.5) is 0 Å². The molecule has 0 saturated heterocycles. The van der Waals surface area contributed by atoms with Gasteiger partial charge in [0.15, 0.2) is 10.9 Å². The second-order valence-electron chi connectivity index (χ2n) is 4.22. The van der Waals surface area contributed by atoms with Crippen LogP contribution in [-0.4, -0.2) is 25.8 Å². The number of Topliss-reactive ketones (excluding diaryl/α,β-unsaturated/α-hetero) is 1. The number of hydrogen-bond donors (Lipinski definition) is 0. The molecule has 4 nitrogen and oxygen atoms in total. The quantitative estimate of drug-likeness (QED) is 0.642. The second kappa shape index (κ2) is 5.75. The fourth-order valence-corrected chi connectivity index (χ4v) is 2.61. The summed E-state index contributed by atoms with van der Waals surface area (Å²) in [6.45, 7) is 3.74. The predicted octanol–water partition coefficient (Wildman–Crippen LogP) is 3.14. The molecule has 1 aromatic heterocycles. The van der Waals surface area contributed by atoms with Crippen LogP contribution in [0.2, 0.25) is 5.02 Å². The van der Waals surface area contributed by atoms with Crippen molar-refractivity contribution in [3.8, 4) is 0 Å². The maximum Gasteiger partial charge on any atom is 0.191 e. The Balaban J connectivity index is 2.11. The number of benzene rings is 1. The molecule has 100 valence electrons. The van der Waals surface area contributed by atoms with Crippen LogP contribution < -0.4 is 0 Å². The summed E-state index contributed by atoms with van der Waals surface area (Å²) in [4.78, 5) is 12.3. The zero-order valence-corrected chi connectivity index (χ0v) is 12.5. The first-order valence-corrected chi connectivity index (χ1v) is 7.07. The number of hydrogen-bond acceptors (Lipinski definition) is 4. The predicted molar refractivity (Wildman–Crippen MR) is 76.8 cm³/mol. The van der Waals surface area contributed by atoms with E-state index in [0.29, 0.717) is 10.6 Å². The van der Waals surface area contributed by atoms with Gasteiger partial charge >= 0.3 is 0 Å². The topological polar surface area (TPSA) is 47.8 Å². The van der Waals surface area contributed by atoms with E-state index >= 15 is 0 Å². The van der Waals surface area contributed by atoms with Crippen molar-refractivity contribution in [2.45, 2.75) is 24.3 Å². The molecule has 0 fully saturated rings. The van der Waals surface area contributed by atoms with Crippen LogP contribution in [0.15, 0.2) is 29.4 Å². The second-order valence-corrected chi connectivity index (χ2v) is 5.96. The summed E-state index contributed by atoms with van der Waals surface area (Å²) in [6, 6.07) is 6.92. The van der Waals surface area contributed by atoms with E-state index in [4.69, 9.17) is 11.6 Å². The summed E-state index contributed by atoms with van der Waals surface area (Å²) in [7, 11) is 1.89. The number of carbonyl (C=O) groups is 1. The minimum atomic E-state index is -0.219. The van der Waals surface area contributed by atoms with Crippen LogP contribution in [0.5, 0.6) is 0 Å². The fourth-order valence-electron chi connectivity index (χ4n) is 1.55. The lowest BCUT2D eigenvalue weighted by atomic mass is 10.1. The van der Waals surface area contributed by atoms with E-state index in [0.717, 1.165) is 11.0 Å². The first-order chi connectivity index (χ1) is 8.99. The van der Waals surface area contributed by atoms with Crippen LogP contribution in [0.25, 0.3) is 0 Å². The van der Waals surface area contributed by atoms with Crippen molar-refractivity contribution in [1.29, 1.82) is 0 Å². The van der Waals surface area contributed by atoms with Crippen molar-refractivity contribution in [1.82, 2.24) is 14.8 Å². The number of carbonyl (C=O) groups excluding carboxylic acids is 1. The van der Waals surface area contributed by atoms with Gasteiger partial charge in [-0.3, -0.25) is 4.79 Å². The van der Waals surface area contributed by atoms with Gasteiger partial charge in [0.1, 0.15) is 5.82 Å². The minimum absolute atomic E-state index is 0.0577. The maximum absolute atomic E-state index is 12.3. The number of aromatic nitrogens is 3. The average molecular weight is 296 g/mol. The summed E-state index contributed by atoms with van der Waals surface area (Å²) >= 11 is 7.22. The highest BCUT2D eigenvalue weighted by Gasteiger charge is 2.19. The van der Waals surface area contributed by atoms with E-state index in [1.54, 1.807) is 24.3 Å². The number of halogens is 1. The Morgan fingerprint density at radius 1 is 1.32 bits per heavy atom. The number of nitrogens with zero attached hydrogens (tertiary/aromatic N) is 3. The molecule has 0 radical (unpaired) electrons. The van der Waals surface area contributed by atoms with Crippen LogP contribution >= 0.6 is 23.4 Å². The number of thioether (sulfide) groups is 1. The molecule has 0 N–H and O–H groups in total. The Hall–Kier alpha value is -1.33. The molecule has 19 heavy (non-hydrogen) atoms. The molecule has 1 atom stereocenters. The molecule has 0 bridgehead atoms. The molecule has 1 heterocycles. The lowest BCUT2D eigenvalue weighted by Crippen LogP contribution is -2.14. The van der Waals surface area contributed by atoms with Gasteiger partial charge in [0, 0.05) is 17.6 Å². The van der Waals surface area contributed by atoms with Crippen LogP contribution in [0.3, 0.4) is 0 Å². The van der Waals surface area contributed by atoms with Crippen molar-refractivity contribution in [2.75, 3.05) is 0 Å². The zero-order chi connectivity index (χ0) is 14.0. The maximum atomic E-state index is 12.3. The van der Waals surface area contributed by atoms with E-state index in [9.17, 15) is 4.79 Å².